The Balaban J connectivity index is 2.81. The van der Waals surface area contributed by atoms with Gasteiger partial charge in [0, 0.05) is 11.6 Å². The van der Waals surface area contributed by atoms with Gasteiger partial charge in [-0.05, 0) is 23.8 Å². The van der Waals surface area contributed by atoms with E-state index in [0.29, 0.717) is 0 Å². The number of benzene rings is 1. The topological polar surface area (TPSA) is 18.5 Å². The van der Waals surface area contributed by atoms with Crippen molar-refractivity contribution in [1.29, 1.82) is 0 Å². The van der Waals surface area contributed by atoms with Crippen LogP contribution in [0.5, 0.6) is 5.75 Å². The van der Waals surface area contributed by atoms with E-state index in [1.54, 1.807) is 13.2 Å². The minimum Gasteiger partial charge on any atom is -0.468 e. The summed E-state index contributed by atoms with van der Waals surface area (Å²) in [5.41, 5.74) is 1.01. The molecule has 0 saturated carbocycles. The summed E-state index contributed by atoms with van der Waals surface area (Å²) in [4.78, 5) is 0. The van der Waals surface area contributed by atoms with Gasteiger partial charge >= 0.3 is 0 Å². The molecule has 1 rings (SSSR count). The second-order valence-electron chi connectivity index (χ2n) is 2.48. The predicted molar refractivity (Wildman–Crippen MR) is 56.7 cm³/mol. The average molecular weight is 243 g/mol. The Bertz CT molecular complexity index is 297. The summed E-state index contributed by atoms with van der Waals surface area (Å²) in [6, 6.07) is 5.75. The highest BCUT2D eigenvalue weighted by atomic mass is 79.9. The summed E-state index contributed by atoms with van der Waals surface area (Å²) >= 11 is 3.38. The van der Waals surface area contributed by atoms with E-state index in [2.05, 4.69) is 22.5 Å². The minimum absolute atomic E-state index is 0.257. The third kappa shape index (κ3) is 3.20. The van der Waals surface area contributed by atoms with Crippen molar-refractivity contribution in [3.8, 4) is 5.75 Å². The van der Waals surface area contributed by atoms with Crippen LogP contribution in [0.1, 0.15) is 5.56 Å². The van der Waals surface area contributed by atoms with Crippen molar-refractivity contribution < 1.29 is 9.47 Å². The molecule has 0 heterocycles. The van der Waals surface area contributed by atoms with Gasteiger partial charge in [-0.2, -0.15) is 0 Å². The third-order valence-corrected chi connectivity index (χ3v) is 1.93. The van der Waals surface area contributed by atoms with Gasteiger partial charge in [-0.1, -0.05) is 28.6 Å². The summed E-state index contributed by atoms with van der Waals surface area (Å²) in [6.07, 6.45) is 1.77. The van der Waals surface area contributed by atoms with Gasteiger partial charge in [-0.15, -0.1) is 0 Å². The molecule has 0 aliphatic heterocycles. The molecule has 0 aliphatic carbocycles. The molecule has 3 heteroatoms. The normalized spacial score (nSPS) is 9.69. The SMILES string of the molecule is C=Cc1cc(Br)cc(OCOC)c1. The van der Waals surface area contributed by atoms with E-state index in [-0.39, 0.29) is 6.79 Å². The number of hydrogen-bond acceptors (Lipinski definition) is 2. The highest BCUT2D eigenvalue weighted by Crippen LogP contribution is 2.21. The van der Waals surface area contributed by atoms with Gasteiger partial charge in [0.2, 0.25) is 0 Å². The van der Waals surface area contributed by atoms with Gasteiger partial charge in [0.05, 0.1) is 0 Å². The average Bonchev–Trinajstić information content (AvgIpc) is 2.14. The summed E-state index contributed by atoms with van der Waals surface area (Å²) in [5.74, 6) is 0.770. The standard InChI is InChI=1S/C10H11BrO2/c1-3-8-4-9(11)6-10(5-8)13-7-12-2/h3-6H,1,7H2,2H3. The van der Waals surface area contributed by atoms with Crippen molar-refractivity contribution >= 4 is 22.0 Å². The maximum atomic E-state index is 5.28. The Kier molecular flexibility index (Phi) is 3.99. The monoisotopic (exact) mass is 242 g/mol. The first-order valence-electron chi connectivity index (χ1n) is 3.81. The first-order chi connectivity index (χ1) is 6.26. The van der Waals surface area contributed by atoms with Crippen LogP contribution in [0.3, 0.4) is 0 Å². The highest BCUT2D eigenvalue weighted by molar-refractivity contribution is 9.10. The molecule has 0 bridgehead atoms. The van der Waals surface area contributed by atoms with Crippen LogP contribution in [0.2, 0.25) is 0 Å². The molecule has 0 amide bonds. The first-order valence-corrected chi connectivity index (χ1v) is 4.60. The van der Waals surface area contributed by atoms with E-state index < -0.39 is 0 Å². The predicted octanol–water partition coefficient (Wildman–Crippen LogP) is 3.07. The molecule has 13 heavy (non-hydrogen) atoms. The van der Waals surface area contributed by atoms with Gasteiger partial charge in [0.25, 0.3) is 0 Å². The Labute approximate surface area is 86.3 Å². The van der Waals surface area contributed by atoms with Crippen LogP contribution < -0.4 is 4.74 Å². The minimum atomic E-state index is 0.257. The molecule has 0 radical (unpaired) electrons. The van der Waals surface area contributed by atoms with Gasteiger partial charge in [-0.3, -0.25) is 0 Å². The molecule has 0 fully saturated rings. The van der Waals surface area contributed by atoms with E-state index in [1.165, 1.54) is 0 Å². The number of ether oxygens (including phenoxy) is 2. The van der Waals surface area contributed by atoms with Crippen LogP contribution in [0.4, 0.5) is 0 Å². The van der Waals surface area contributed by atoms with Crippen LogP contribution in [0.25, 0.3) is 6.08 Å². The Morgan fingerprint density at radius 2 is 2.23 bits per heavy atom. The largest absolute Gasteiger partial charge is 0.468 e. The lowest BCUT2D eigenvalue weighted by molar-refractivity contribution is 0.0511. The van der Waals surface area contributed by atoms with E-state index in [4.69, 9.17) is 9.47 Å². The van der Waals surface area contributed by atoms with Crippen LogP contribution in [-0.2, 0) is 4.74 Å². The molecule has 0 aromatic heterocycles. The number of hydrogen-bond donors (Lipinski definition) is 0. The highest BCUT2D eigenvalue weighted by Gasteiger charge is 1.97. The fraction of sp³-hybridized carbons (Fsp3) is 0.200. The van der Waals surface area contributed by atoms with Crippen molar-refractivity contribution in [2.45, 2.75) is 0 Å². The Morgan fingerprint density at radius 3 is 2.85 bits per heavy atom. The summed E-state index contributed by atoms with van der Waals surface area (Å²) in [6.45, 7) is 3.94. The second kappa shape index (κ2) is 5.04. The van der Waals surface area contributed by atoms with Gasteiger partial charge < -0.3 is 9.47 Å². The van der Waals surface area contributed by atoms with E-state index in [0.717, 1.165) is 15.8 Å². The quantitative estimate of drug-likeness (QED) is 0.756. The molecule has 0 atom stereocenters. The fourth-order valence-corrected chi connectivity index (χ4v) is 1.40. The fourth-order valence-electron chi connectivity index (χ4n) is 0.913. The maximum absolute atomic E-state index is 5.28. The molecule has 0 saturated heterocycles. The molecule has 2 nitrogen and oxygen atoms in total. The van der Waals surface area contributed by atoms with Gasteiger partial charge in [0.1, 0.15) is 5.75 Å². The smallest absolute Gasteiger partial charge is 0.188 e. The lowest BCUT2D eigenvalue weighted by atomic mass is 10.2. The zero-order chi connectivity index (χ0) is 9.68. The zero-order valence-electron chi connectivity index (χ0n) is 7.42. The lowest BCUT2D eigenvalue weighted by Gasteiger charge is -2.05. The van der Waals surface area contributed by atoms with Crippen molar-refractivity contribution in [3.05, 3.63) is 34.8 Å². The number of methoxy groups -OCH3 is 1. The number of rotatable bonds is 4. The molecule has 0 spiro atoms. The van der Waals surface area contributed by atoms with Crippen molar-refractivity contribution in [3.63, 3.8) is 0 Å². The first kappa shape index (κ1) is 10.3. The van der Waals surface area contributed by atoms with Crippen LogP contribution in [-0.4, -0.2) is 13.9 Å². The third-order valence-electron chi connectivity index (χ3n) is 1.47. The van der Waals surface area contributed by atoms with Crippen LogP contribution >= 0.6 is 15.9 Å². The number of halogens is 1. The maximum Gasteiger partial charge on any atom is 0.188 e. The molecular formula is C10H11BrO2. The Morgan fingerprint density at radius 1 is 1.46 bits per heavy atom. The van der Waals surface area contributed by atoms with Crippen molar-refractivity contribution in [2.24, 2.45) is 0 Å². The molecule has 0 aliphatic rings. The Hall–Kier alpha value is -0.800. The summed E-state index contributed by atoms with van der Waals surface area (Å²) < 4.78 is 11.0. The van der Waals surface area contributed by atoms with Crippen LogP contribution in [0.15, 0.2) is 29.3 Å². The molecule has 70 valence electrons. The molecule has 1 aromatic rings. The molecular weight excluding hydrogens is 232 g/mol. The lowest BCUT2D eigenvalue weighted by Crippen LogP contribution is -1.98. The second-order valence-corrected chi connectivity index (χ2v) is 3.39. The van der Waals surface area contributed by atoms with Gasteiger partial charge in [0.15, 0.2) is 6.79 Å². The van der Waals surface area contributed by atoms with Crippen molar-refractivity contribution in [2.75, 3.05) is 13.9 Å². The van der Waals surface area contributed by atoms with E-state index in [9.17, 15) is 0 Å². The van der Waals surface area contributed by atoms with Crippen molar-refractivity contribution in [1.82, 2.24) is 0 Å². The van der Waals surface area contributed by atoms with Gasteiger partial charge in [-0.25, -0.2) is 0 Å². The van der Waals surface area contributed by atoms with E-state index >= 15 is 0 Å². The molecule has 0 N–H and O–H groups in total. The molecule has 0 unspecified atom stereocenters. The van der Waals surface area contributed by atoms with Crippen LogP contribution in [0, 0.1) is 0 Å². The van der Waals surface area contributed by atoms with E-state index in [1.807, 2.05) is 18.2 Å². The summed E-state index contributed by atoms with van der Waals surface area (Å²) in [7, 11) is 1.59. The zero-order valence-corrected chi connectivity index (χ0v) is 9.00. The summed E-state index contributed by atoms with van der Waals surface area (Å²) in [5, 5.41) is 0. The molecule has 1 aromatic carbocycles.